The summed E-state index contributed by atoms with van der Waals surface area (Å²) in [4.78, 5) is 26.7. The van der Waals surface area contributed by atoms with Crippen LogP contribution in [0.4, 0.5) is 5.69 Å². The third kappa shape index (κ3) is 2.85. The zero-order valence-electron chi connectivity index (χ0n) is 13.2. The van der Waals surface area contributed by atoms with E-state index in [4.69, 9.17) is 4.74 Å². The maximum atomic E-state index is 12.7. The van der Waals surface area contributed by atoms with Crippen molar-refractivity contribution in [2.45, 2.75) is 31.8 Å². The van der Waals surface area contributed by atoms with Crippen LogP contribution in [0.3, 0.4) is 0 Å². The number of rotatable bonds is 4. The van der Waals surface area contributed by atoms with Crippen LogP contribution in [-0.2, 0) is 20.7 Å². The van der Waals surface area contributed by atoms with Gasteiger partial charge in [-0.25, -0.2) is 0 Å². The highest BCUT2D eigenvalue weighted by Crippen LogP contribution is 2.42. The average molecular weight is 314 g/mol. The van der Waals surface area contributed by atoms with Gasteiger partial charge >= 0.3 is 0 Å². The van der Waals surface area contributed by atoms with Crippen molar-refractivity contribution < 1.29 is 14.3 Å². The summed E-state index contributed by atoms with van der Waals surface area (Å²) in [5.41, 5.74) is 2.24. The number of hydrogen-bond donors (Lipinski definition) is 1. The maximum absolute atomic E-state index is 12.7. The molecule has 1 saturated heterocycles. The van der Waals surface area contributed by atoms with Crippen molar-refractivity contribution in [3.05, 3.63) is 29.8 Å². The second-order valence-electron chi connectivity index (χ2n) is 6.70. The molecule has 1 aliphatic carbocycles. The van der Waals surface area contributed by atoms with Crippen LogP contribution in [0.25, 0.3) is 0 Å². The van der Waals surface area contributed by atoms with Crippen molar-refractivity contribution in [3.63, 3.8) is 0 Å². The lowest BCUT2D eigenvalue weighted by molar-refractivity contribution is -0.126. The normalized spacial score (nSPS) is 28.5. The van der Waals surface area contributed by atoms with Gasteiger partial charge in [-0.3, -0.25) is 9.59 Å². The maximum Gasteiger partial charge on any atom is 0.230 e. The number of nitrogens with one attached hydrogen (secondary N) is 1. The summed E-state index contributed by atoms with van der Waals surface area (Å²) in [6, 6.07) is 8.03. The molecule has 2 amide bonds. The second-order valence-corrected chi connectivity index (χ2v) is 6.70. The molecule has 0 spiro atoms. The van der Waals surface area contributed by atoms with Crippen LogP contribution >= 0.6 is 0 Å². The minimum atomic E-state index is -0.156. The van der Waals surface area contributed by atoms with E-state index in [0.717, 1.165) is 38.1 Å². The monoisotopic (exact) mass is 314 g/mol. The Bertz CT molecular complexity index is 624. The Kier molecular flexibility index (Phi) is 3.81. The van der Waals surface area contributed by atoms with Crippen molar-refractivity contribution in [2.24, 2.45) is 11.8 Å². The number of ether oxygens (including phenoxy) is 1. The summed E-state index contributed by atoms with van der Waals surface area (Å²) in [7, 11) is 0. The Morgan fingerprint density at radius 2 is 2.13 bits per heavy atom. The second kappa shape index (κ2) is 5.96. The summed E-state index contributed by atoms with van der Waals surface area (Å²) < 4.78 is 5.51. The van der Waals surface area contributed by atoms with Crippen LogP contribution in [0.15, 0.2) is 24.3 Å². The van der Waals surface area contributed by atoms with E-state index in [1.54, 1.807) is 0 Å². The zero-order valence-corrected chi connectivity index (χ0v) is 13.2. The van der Waals surface area contributed by atoms with E-state index in [-0.39, 0.29) is 29.8 Å². The molecule has 5 heteroatoms. The molecule has 4 rings (SSSR count). The Morgan fingerprint density at radius 3 is 2.96 bits per heavy atom. The number of amides is 2. The topological polar surface area (TPSA) is 58.6 Å². The Hall–Kier alpha value is -1.88. The molecule has 2 fully saturated rings. The van der Waals surface area contributed by atoms with Crippen molar-refractivity contribution >= 4 is 17.5 Å². The molecule has 1 N–H and O–H groups in total. The highest BCUT2D eigenvalue weighted by Gasteiger charge is 2.50. The van der Waals surface area contributed by atoms with Crippen LogP contribution in [0.5, 0.6) is 0 Å². The van der Waals surface area contributed by atoms with E-state index in [9.17, 15) is 9.59 Å². The number of carbonyl (C=O) groups excluding carboxylic acids is 2. The van der Waals surface area contributed by atoms with Gasteiger partial charge in [0.25, 0.3) is 0 Å². The van der Waals surface area contributed by atoms with Crippen molar-refractivity contribution in [1.82, 2.24) is 5.32 Å². The first-order valence-corrected chi connectivity index (χ1v) is 8.52. The molecule has 5 nitrogen and oxygen atoms in total. The van der Waals surface area contributed by atoms with Crippen LogP contribution in [-0.4, -0.2) is 37.6 Å². The van der Waals surface area contributed by atoms with Crippen molar-refractivity contribution in [1.29, 1.82) is 0 Å². The lowest BCUT2D eigenvalue weighted by Crippen LogP contribution is -2.35. The molecule has 1 aromatic rings. The molecule has 0 bridgehead atoms. The molecule has 1 saturated carbocycles. The van der Waals surface area contributed by atoms with E-state index in [1.807, 2.05) is 23.1 Å². The number of hydrogen-bond acceptors (Lipinski definition) is 3. The molecular formula is C18H22N2O3. The largest absolute Gasteiger partial charge is 0.376 e. The van der Waals surface area contributed by atoms with Crippen molar-refractivity contribution in [2.75, 3.05) is 24.6 Å². The van der Waals surface area contributed by atoms with Gasteiger partial charge in [0.1, 0.15) is 0 Å². The molecule has 2 aliphatic heterocycles. The van der Waals surface area contributed by atoms with Crippen LogP contribution < -0.4 is 10.2 Å². The number of benzene rings is 1. The molecule has 122 valence electrons. The van der Waals surface area contributed by atoms with Crippen LogP contribution in [0, 0.1) is 11.8 Å². The van der Waals surface area contributed by atoms with Crippen molar-refractivity contribution in [3.8, 4) is 0 Å². The summed E-state index contributed by atoms with van der Waals surface area (Å²) in [6.45, 7) is 2.10. The van der Waals surface area contributed by atoms with E-state index in [2.05, 4.69) is 11.4 Å². The van der Waals surface area contributed by atoms with Crippen LogP contribution in [0.2, 0.25) is 0 Å². The SMILES string of the molecule is O=C(NCC1CCCO1)C1CC1C(=O)N1CCc2ccccc21. The van der Waals surface area contributed by atoms with Gasteiger partial charge in [-0.2, -0.15) is 0 Å². The number of para-hydroxylation sites is 1. The number of nitrogens with zero attached hydrogens (tertiary/aromatic N) is 1. The van der Waals surface area contributed by atoms with E-state index < -0.39 is 0 Å². The van der Waals surface area contributed by atoms with Gasteiger partial charge in [0.15, 0.2) is 0 Å². The van der Waals surface area contributed by atoms with Gasteiger partial charge in [-0.05, 0) is 37.3 Å². The fraction of sp³-hybridized carbons (Fsp3) is 0.556. The Labute approximate surface area is 136 Å². The summed E-state index contributed by atoms with van der Waals surface area (Å²) in [6.07, 6.45) is 3.81. The first-order valence-electron chi connectivity index (χ1n) is 8.52. The van der Waals surface area contributed by atoms with Gasteiger partial charge in [0.05, 0.1) is 17.9 Å². The van der Waals surface area contributed by atoms with E-state index in [0.29, 0.717) is 13.0 Å². The third-order valence-corrected chi connectivity index (χ3v) is 5.13. The standard InChI is InChI=1S/C18H22N2O3/c21-17(19-11-13-5-3-9-23-13)14-10-15(14)18(22)20-8-7-12-4-1-2-6-16(12)20/h1-2,4,6,13-15H,3,5,7-11H2,(H,19,21). The van der Waals surface area contributed by atoms with Gasteiger partial charge in [0, 0.05) is 25.4 Å². The predicted octanol–water partition coefficient (Wildman–Crippen LogP) is 1.51. The minimum absolute atomic E-state index is 0.00586. The van der Waals surface area contributed by atoms with Gasteiger partial charge in [-0.1, -0.05) is 18.2 Å². The summed E-state index contributed by atoms with van der Waals surface area (Å²) in [5, 5.41) is 2.95. The molecule has 3 atom stereocenters. The molecule has 0 aromatic heterocycles. The molecule has 3 aliphatic rings. The highest BCUT2D eigenvalue weighted by molar-refractivity contribution is 6.02. The van der Waals surface area contributed by atoms with Crippen LogP contribution in [0.1, 0.15) is 24.8 Å². The first kappa shape index (κ1) is 14.7. The highest BCUT2D eigenvalue weighted by atomic mass is 16.5. The average Bonchev–Trinajstić information content (AvgIpc) is 3.01. The first-order chi connectivity index (χ1) is 11.2. The lowest BCUT2D eigenvalue weighted by Gasteiger charge is -2.17. The van der Waals surface area contributed by atoms with Gasteiger partial charge in [-0.15, -0.1) is 0 Å². The Morgan fingerprint density at radius 1 is 1.26 bits per heavy atom. The van der Waals surface area contributed by atoms with E-state index >= 15 is 0 Å². The number of carbonyl (C=O) groups is 2. The lowest BCUT2D eigenvalue weighted by atomic mass is 10.2. The molecule has 23 heavy (non-hydrogen) atoms. The fourth-order valence-corrected chi connectivity index (χ4v) is 3.68. The van der Waals surface area contributed by atoms with E-state index in [1.165, 1.54) is 5.56 Å². The predicted molar refractivity (Wildman–Crippen MR) is 86.1 cm³/mol. The molecular weight excluding hydrogens is 292 g/mol. The van der Waals surface area contributed by atoms with Gasteiger partial charge in [0.2, 0.25) is 11.8 Å². The number of anilines is 1. The minimum Gasteiger partial charge on any atom is -0.376 e. The zero-order chi connectivity index (χ0) is 15.8. The molecule has 0 radical (unpaired) electrons. The molecule has 1 aromatic carbocycles. The Balaban J connectivity index is 1.32. The summed E-state index contributed by atoms with van der Waals surface area (Å²) in [5.74, 6) is -0.194. The van der Waals surface area contributed by atoms with Gasteiger partial charge < -0.3 is 15.0 Å². The molecule has 2 heterocycles. The third-order valence-electron chi connectivity index (χ3n) is 5.13. The fourth-order valence-electron chi connectivity index (χ4n) is 3.68. The smallest absolute Gasteiger partial charge is 0.230 e. The molecule has 3 unspecified atom stereocenters. The number of fused-ring (bicyclic) bond motifs is 1. The quantitative estimate of drug-likeness (QED) is 0.916. The summed E-state index contributed by atoms with van der Waals surface area (Å²) >= 11 is 0.